The van der Waals surface area contributed by atoms with E-state index in [2.05, 4.69) is 38.7 Å². The minimum absolute atomic E-state index is 0.120. The number of carbonyl (C=O) groups is 2. The van der Waals surface area contributed by atoms with Gasteiger partial charge in [-0.05, 0) is 60.8 Å². The molecule has 0 N–H and O–H groups in total. The van der Waals surface area contributed by atoms with Crippen LogP contribution >= 0.6 is 27.7 Å². The molecule has 4 aromatic rings. The monoisotopic (exact) mass is 561 g/mol. The second-order valence-corrected chi connectivity index (χ2v) is 10.3. The van der Waals surface area contributed by atoms with Gasteiger partial charge in [0.25, 0.3) is 16.8 Å². The van der Waals surface area contributed by atoms with Crippen molar-refractivity contribution in [2.75, 3.05) is 0 Å². The highest BCUT2D eigenvalue weighted by Crippen LogP contribution is 2.37. The Labute approximate surface area is 219 Å². The molecule has 0 bridgehead atoms. The lowest BCUT2D eigenvalue weighted by molar-refractivity contribution is -0.385. The van der Waals surface area contributed by atoms with E-state index in [1.807, 2.05) is 38.1 Å². The van der Waals surface area contributed by atoms with Gasteiger partial charge in [0.15, 0.2) is 0 Å². The van der Waals surface area contributed by atoms with Crippen LogP contribution in [0.15, 0.2) is 76.1 Å². The van der Waals surface area contributed by atoms with Gasteiger partial charge in [0.2, 0.25) is 0 Å². The molecule has 0 atom stereocenters. The van der Waals surface area contributed by atoms with Crippen molar-refractivity contribution in [3.63, 3.8) is 0 Å². The van der Waals surface area contributed by atoms with Crippen molar-refractivity contribution < 1.29 is 14.5 Å². The van der Waals surface area contributed by atoms with E-state index in [1.165, 1.54) is 6.07 Å². The third-order valence-electron chi connectivity index (χ3n) is 6.24. The molecule has 2 heterocycles. The summed E-state index contributed by atoms with van der Waals surface area (Å²) in [6.07, 6.45) is 1.73. The van der Waals surface area contributed by atoms with Gasteiger partial charge in [-0.15, -0.1) is 0 Å². The van der Waals surface area contributed by atoms with Crippen molar-refractivity contribution in [1.29, 1.82) is 0 Å². The van der Waals surface area contributed by atoms with E-state index in [0.717, 1.165) is 54.5 Å². The predicted molar refractivity (Wildman–Crippen MR) is 145 cm³/mol. The van der Waals surface area contributed by atoms with E-state index in [1.54, 1.807) is 24.3 Å². The normalized spacial score (nSPS) is 14.9. The number of thioether (sulfide) groups is 1. The summed E-state index contributed by atoms with van der Waals surface area (Å²) in [6.45, 7) is 3.83. The van der Waals surface area contributed by atoms with Crippen LogP contribution in [0.25, 0.3) is 22.5 Å². The molecule has 1 aromatic heterocycles. The van der Waals surface area contributed by atoms with E-state index in [4.69, 9.17) is 0 Å². The van der Waals surface area contributed by atoms with Crippen LogP contribution in [-0.4, -0.2) is 25.5 Å². The molecule has 3 aromatic carbocycles. The molecule has 0 saturated carbocycles. The summed E-state index contributed by atoms with van der Waals surface area (Å²) >= 11 is 4.47. The van der Waals surface area contributed by atoms with E-state index < -0.39 is 16.1 Å². The molecule has 36 heavy (non-hydrogen) atoms. The van der Waals surface area contributed by atoms with E-state index in [9.17, 15) is 19.7 Å². The number of para-hydroxylation sites is 1. The summed E-state index contributed by atoms with van der Waals surface area (Å²) < 4.78 is 3.15. The van der Waals surface area contributed by atoms with Crippen molar-refractivity contribution in [2.45, 2.75) is 20.4 Å². The van der Waals surface area contributed by atoms with Crippen LogP contribution in [0.1, 0.15) is 22.5 Å². The molecular weight excluding hydrogens is 542 g/mol. The molecule has 5 rings (SSSR count). The van der Waals surface area contributed by atoms with Crippen LogP contribution in [0.3, 0.4) is 0 Å². The maximum absolute atomic E-state index is 13.1. The lowest BCUT2D eigenvalue weighted by Crippen LogP contribution is -2.27. The standard InChI is InChI=1S/C27H20BrN3O4S/c1-16-13-19(17(2)30(16)24-12-11-22(28)20-8-4-5-9-21(20)24)14-25-26(32)29(27(33)36-25)15-18-7-3-6-10-23(18)31(34)35/h3-14H,15H2,1-2H3/b25-14-. The minimum atomic E-state index is -0.509. The number of carbonyl (C=O) groups excluding carboxylic acids is 2. The van der Waals surface area contributed by atoms with Crippen LogP contribution in [0.5, 0.6) is 0 Å². The first-order valence-electron chi connectivity index (χ1n) is 11.1. The number of nitro groups is 1. The predicted octanol–water partition coefficient (Wildman–Crippen LogP) is 7.15. The van der Waals surface area contributed by atoms with Gasteiger partial charge in [0.1, 0.15) is 0 Å². The Morgan fingerprint density at radius 3 is 2.44 bits per heavy atom. The highest BCUT2D eigenvalue weighted by molar-refractivity contribution is 9.10. The van der Waals surface area contributed by atoms with E-state index >= 15 is 0 Å². The highest BCUT2D eigenvalue weighted by atomic mass is 79.9. The third-order valence-corrected chi connectivity index (χ3v) is 7.83. The largest absolute Gasteiger partial charge is 0.317 e. The zero-order chi connectivity index (χ0) is 25.6. The lowest BCUT2D eigenvalue weighted by Gasteiger charge is -2.14. The zero-order valence-electron chi connectivity index (χ0n) is 19.4. The SMILES string of the molecule is Cc1cc(/C=C2\SC(=O)N(Cc3ccccc3[N+](=O)[O-])C2=O)c(C)n1-c1ccc(Br)c2ccccc12. The van der Waals surface area contributed by atoms with Crippen molar-refractivity contribution >= 4 is 61.4 Å². The molecule has 0 aliphatic carbocycles. The number of hydrogen-bond donors (Lipinski definition) is 0. The number of amides is 2. The Balaban J connectivity index is 1.50. The maximum atomic E-state index is 13.1. The van der Waals surface area contributed by atoms with Crippen LogP contribution < -0.4 is 0 Å². The molecule has 0 radical (unpaired) electrons. The summed E-state index contributed by atoms with van der Waals surface area (Å²) in [5.41, 5.74) is 3.97. The van der Waals surface area contributed by atoms with Gasteiger partial charge in [-0.25, -0.2) is 0 Å². The average molecular weight is 562 g/mol. The molecule has 9 heteroatoms. The number of nitro benzene ring substituents is 1. The molecule has 1 aliphatic heterocycles. The number of nitrogens with zero attached hydrogens (tertiary/aromatic N) is 3. The van der Waals surface area contributed by atoms with Crippen LogP contribution in [0, 0.1) is 24.0 Å². The number of aromatic nitrogens is 1. The Hall–Kier alpha value is -3.69. The van der Waals surface area contributed by atoms with Crippen molar-refractivity contribution in [1.82, 2.24) is 9.47 Å². The molecule has 180 valence electrons. The number of hydrogen-bond acceptors (Lipinski definition) is 5. The van der Waals surface area contributed by atoms with E-state index in [0.29, 0.717) is 10.5 Å². The zero-order valence-corrected chi connectivity index (χ0v) is 21.8. The summed E-state index contributed by atoms with van der Waals surface area (Å²) in [5, 5.41) is 13.1. The fraction of sp³-hybridized carbons (Fsp3) is 0.111. The van der Waals surface area contributed by atoms with Gasteiger partial charge in [-0.3, -0.25) is 24.6 Å². The highest BCUT2D eigenvalue weighted by Gasteiger charge is 2.36. The first kappa shape index (κ1) is 24.0. The number of fused-ring (bicyclic) bond motifs is 1. The molecule has 1 fully saturated rings. The number of halogens is 1. The fourth-order valence-electron chi connectivity index (χ4n) is 4.52. The molecule has 0 unspecified atom stereocenters. The van der Waals surface area contributed by atoms with Crippen molar-refractivity contribution in [3.8, 4) is 5.69 Å². The van der Waals surface area contributed by atoms with Gasteiger partial charge in [0.05, 0.1) is 22.1 Å². The Morgan fingerprint density at radius 2 is 1.69 bits per heavy atom. The van der Waals surface area contributed by atoms with Crippen molar-refractivity contribution in [2.24, 2.45) is 0 Å². The minimum Gasteiger partial charge on any atom is -0.317 e. The van der Waals surface area contributed by atoms with E-state index in [-0.39, 0.29) is 12.2 Å². The summed E-state index contributed by atoms with van der Waals surface area (Å²) in [6, 6.07) is 20.3. The lowest BCUT2D eigenvalue weighted by atomic mass is 10.1. The second kappa shape index (κ2) is 9.40. The summed E-state index contributed by atoms with van der Waals surface area (Å²) in [4.78, 5) is 38.0. The summed E-state index contributed by atoms with van der Waals surface area (Å²) in [7, 11) is 0. The molecular formula is C27H20BrN3O4S. The van der Waals surface area contributed by atoms with Gasteiger partial charge < -0.3 is 4.57 Å². The van der Waals surface area contributed by atoms with Crippen LogP contribution in [0.4, 0.5) is 10.5 Å². The Kier molecular flexibility index (Phi) is 6.27. The number of rotatable bonds is 5. The Morgan fingerprint density at radius 1 is 1.00 bits per heavy atom. The average Bonchev–Trinajstić information content (AvgIpc) is 3.29. The quantitative estimate of drug-likeness (QED) is 0.146. The second-order valence-electron chi connectivity index (χ2n) is 8.43. The maximum Gasteiger partial charge on any atom is 0.293 e. The molecule has 2 amide bonds. The van der Waals surface area contributed by atoms with Crippen LogP contribution in [-0.2, 0) is 11.3 Å². The third kappa shape index (κ3) is 4.14. The smallest absolute Gasteiger partial charge is 0.293 e. The fourth-order valence-corrected chi connectivity index (χ4v) is 5.82. The Bertz CT molecular complexity index is 1610. The van der Waals surface area contributed by atoms with Gasteiger partial charge in [-0.1, -0.05) is 58.4 Å². The molecule has 1 saturated heterocycles. The first-order valence-corrected chi connectivity index (χ1v) is 12.7. The van der Waals surface area contributed by atoms with Gasteiger partial charge in [0, 0.05) is 32.9 Å². The summed E-state index contributed by atoms with van der Waals surface area (Å²) in [5.74, 6) is -0.456. The topological polar surface area (TPSA) is 85.5 Å². The first-order chi connectivity index (χ1) is 17.3. The van der Waals surface area contributed by atoms with Gasteiger partial charge in [-0.2, -0.15) is 0 Å². The number of imide groups is 1. The number of benzene rings is 3. The van der Waals surface area contributed by atoms with Crippen LogP contribution in [0.2, 0.25) is 0 Å². The number of aryl methyl sites for hydroxylation is 1. The van der Waals surface area contributed by atoms with Crippen molar-refractivity contribution in [3.05, 3.63) is 109 Å². The molecule has 7 nitrogen and oxygen atoms in total. The molecule has 0 spiro atoms. The molecule has 1 aliphatic rings. The van der Waals surface area contributed by atoms with Gasteiger partial charge >= 0.3 is 0 Å².